The van der Waals surface area contributed by atoms with Crippen molar-refractivity contribution in [2.24, 2.45) is 0 Å². The van der Waals surface area contributed by atoms with Gasteiger partial charge in [-0.1, -0.05) is 34.1 Å². The first-order valence-electron chi connectivity index (χ1n) is 6.33. The molecule has 0 aliphatic rings. The number of ether oxygens (including phenoxy) is 1. The second kappa shape index (κ2) is 6.84. The molecule has 0 aliphatic carbocycles. The van der Waals surface area contributed by atoms with Crippen molar-refractivity contribution in [3.8, 4) is 0 Å². The number of hydrogen-bond donors (Lipinski definition) is 0. The summed E-state index contributed by atoms with van der Waals surface area (Å²) in [7, 11) is 0. The molecular formula is C16H19BrO3. The Kier molecular flexibility index (Phi) is 5.69. The largest absolute Gasteiger partial charge is 0.456 e. The zero-order valence-electron chi connectivity index (χ0n) is 11.9. The smallest absolute Gasteiger partial charge is 0.338 e. The maximum Gasteiger partial charge on any atom is 0.338 e. The Balaban J connectivity index is 2.90. The third kappa shape index (κ3) is 4.60. The van der Waals surface area contributed by atoms with Gasteiger partial charge in [-0.3, -0.25) is 0 Å². The number of hydrogen-bond acceptors (Lipinski definition) is 3. The maximum atomic E-state index is 11.9. The van der Waals surface area contributed by atoms with E-state index in [1.165, 1.54) is 0 Å². The molecule has 20 heavy (non-hydrogen) atoms. The fraction of sp³-hybridized carbons (Fsp3) is 0.375. The molecule has 108 valence electrons. The van der Waals surface area contributed by atoms with Gasteiger partial charge in [-0.2, -0.15) is 0 Å². The van der Waals surface area contributed by atoms with E-state index in [4.69, 9.17) is 4.74 Å². The van der Waals surface area contributed by atoms with Gasteiger partial charge in [0.05, 0.1) is 10.4 Å². The number of esters is 1. The van der Waals surface area contributed by atoms with Gasteiger partial charge in [0.15, 0.2) is 0 Å². The minimum absolute atomic E-state index is 0.125. The molecule has 0 aliphatic heterocycles. The van der Waals surface area contributed by atoms with Gasteiger partial charge in [0, 0.05) is 5.92 Å². The van der Waals surface area contributed by atoms with Crippen molar-refractivity contribution in [2.45, 2.75) is 37.1 Å². The normalized spacial score (nSPS) is 14.2. The molecule has 0 saturated carbocycles. The van der Waals surface area contributed by atoms with Crippen LogP contribution in [0.5, 0.6) is 0 Å². The summed E-state index contributed by atoms with van der Waals surface area (Å²) in [5.41, 5.74) is 0.891. The molecule has 0 N–H and O–H groups in total. The van der Waals surface area contributed by atoms with Gasteiger partial charge in [0.2, 0.25) is 0 Å². The number of halogens is 1. The summed E-state index contributed by atoms with van der Waals surface area (Å²) in [6.45, 7) is 9.21. The Morgan fingerprint density at radius 2 is 1.85 bits per heavy atom. The number of carbonyl (C=O) groups is 2. The predicted octanol–water partition coefficient (Wildman–Crippen LogP) is 3.87. The molecule has 0 fully saturated rings. The van der Waals surface area contributed by atoms with E-state index in [1.807, 2.05) is 32.9 Å². The van der Waals surface area contributed by atoms with Crippen LogP contribution in [-0.2, 0) is 9.53 Å². The fourth-order valence-corrected chi connectivity index (χ4v) is 2.23. The van der Waals surface area contributed by atoms with Crippen molar-refractivity contribution in [3.05, 3.63) is 48.0 Å². The van der Waals surface area contributed by atoms with E-state index in [2.05, 4.69) is 22.5 Å². The lowest BCUT2D eigenvalue weighted by Crippen LogP contribution is -2.23. The van der Waals surface area contributed by atoms with E-state index in [0.29, 0.717) is 5.56 Å². The Hall–Kier alpha value is -1.42. The Labute approximate surface area is 128 Å². The van der Waals surface area contributed by atoms with Crippen molar-refractivity contribution in [1.29, 1.82) is 0 Å². The van der Waals surface area contributed by atoms with Crippen LogP contribution in [-0.4, -0.2) is 22.7 Å². The number of aldehydes is 1. The van der Waals surface area contributed by atoms with Crippen LogP contribution in [0.1, 0.15) is 42.6 Å². The number of benzene rings is 1. The highest BCUT2D eigenvalue weighted by Crippen LogP contribution is 2.25. The van der Waals surface area contributed by atoms with Crippen molar-refractivity contribution >= 4 is 28.2 Å². The monoisotopic (exact) mass is 338 g/mol. The molecule has 0 amide bonds. The highest BCUT2D eigenvalue weighted by Gasteiger charge is 2.20. The minimum atomic E-state index is -0.516. The molecule has 4 heteroatoms. The topological polar surface area (TPSA) is 43.4 Å². The summed E-state index contributed by atoms with van der Waals surface area (Å²) in [5, 5.41) is 0. The highest BCUT2D eigenvalue weighted by atomic mass is 79.9. The van der Waals surface area contributed by atoms with E-state index in [0.717, 1.165) is 11.8 Å². The van der Waals surface area contributed by atoms with Crippen molar-refractivity contribution in [2.75, 3.05) is 0 Å². The van der Waals surface area contributed by atoms with Gasteiger partial charge in [0.1, 0.15) is 11.9 Å². The third-order valence-corrected chi connectivity index (χ3v) is 3.44. The number of alkyl halides is 1. The second-order valence-electron chi connectivity index (χ2n) is 5.47. The first kappa shape index (κ1) is 16.6. The Bertz CT molecular complexity index is 485. The molecule has 0 heterocycles. The van der Waals surface area contributed by atoms with Crippen molar-refractivity contribution in [3.63, 3.8) is 0 Å². The summed E-state index contributed by atoms with van der Waals surface area (Å²) in [6, 6.07) is 7.02. The average molecular weight is 339 g/mol. The van der Waals surface area contributed by atoms with Crippen molar-refractivity contribution in [1.82, 2.24) is 0 Å². The molecule has 2 atom stereocenters. The van der Waals surface area contributed by atoms with E-state index in [-0.39, 0.29) is 16.7 Å². The summed E-state index contributed by atoms with van der Waals surface area (Å²) in [4.78, 5) is 22.4. The van der Waals surface area contributed by atoms with Gasteiger partial charge >= 0.3 is 5.97 Å². The van der Waals surface area contributed by atoms with Crippen LogP contribution in [0.15, 0.2) is 36.9 Å². The molecule has 0 radical (unpaired) electrons. The standard InChI is InChI=1S/C16H19BrO3/c1-5-13(14(17)10-18)11-6-8-12(9-7-11)15(19)20-16(2,3)4/h5-10,13-14H,1H2,2-4H3. The SMILES string of the molecule is C=CC(c1ccc(C(=O)OC(C)(C)C)cc1)C(Br)C=O. The van der Waals surface area contributed by atoms with Gasteiger partial charge in [-0.05, 0) is 38.5 Å². The first-order chi connectivity index (χ1) is 9.28. The zero-order chi connectivity index (χ0) is 15.3. The Morgan fingerprint density at radius 3 is 2.25 bits per heavy atom. The molecule has 1 aromatic carbocycles. The van der Waals surface area contributed by atoms with Gasteiger partial charge in [-0.15, -0.1) is 6.58 Å². The van der Waals surface area contributed by atoms with Gasteiger partial charge < -0.3 is 9.53 Å². The van der Waals surface area contributed by atoms with E-state index in [9.17, 15) is 9.59 Å². The lowest BCUT2D eigenvalue weighted by molar-refractivity contribution is -0.107. The molecular weight excluding hydrogens is 320 g/mol. The lowest BCUT2D eigenvalue weighted by atomic mass is 9.95. The lowest BCUT2D eigenvalue weighted by Gasteiger charge is -2.20. The average Bonchev–Trinajstić information content (AvgIpc) is 2.38. The number of rotatable bonds is 5. The molecule has 3 nitrogen and oxygen atoms in total. The first-order valence-corrected chi connectivity index (χ1v) is 7.25. The third-order valence-electron chi connectivity index (χ3n) is 2.66. The summed E-state index contributed by atoms with van der Waals surface area (Å²) in [6.07, 6.45) is 2.53. The molecule has 2 unspecified atom stereocenters. The quantitative estimate of drug-likeness (QED) is 0.354. The van der Waals surface area contributed by atoms with Crippen LogP contribution in [0, 0.1) is 0 Å². The summed E-state index contributed by atoms with van der Waals surface area (Å²) >= 11 is 3.30. The van der Waals surface area contributed by atoms with Crippen LogP contribution in [0.2, 0.25) is 0 Å². The molecule has 1 aromatic rings. The van der Waals surface area contributed by atoms with Gasteiger partial charge in [-0.25, -0.2) is 4.79 Å². The molecule has 0 bridgehead atoms. The van der Waals surface area contributed by atoms with E-state index >= 15 is 0 Å². The second-order valence-corrected chi connectivity index (χ2v) is 6.52. The molecule has 0 aromatic heterocycles. The summed E-state index contributed by atoms with van der Waals surface area (Å²) < 4.78 is 5.29. The molecule has 1 rings (SSSR count). The zero-order valence-corrected chi connectivity index (χ0v) is 13.5. The highest BCUT2D eigenvalue weighted by molar-refractivity contribution is 9.10. The fourth-order valence-electron chi connectivity index (χ4n) is 1.71. The van der Waals surface area contributed by atoms with Crippen LogP contribution >= 0.6 is 15.9 Å². The number of allylic oxidation sites excluding steroid dienone is 1. The van der Waals surface area contributed by atoms with Crippen LogP contribution in [0.25, 0.3) is 0 Å². The summed E-state index contributed by atoms with van der Waals surface area (Å²) in [5.74, 6) is -0.481. The van der Waals surface area contributed by atoms with Crippen LogP contribution in [0.3, 0.4) is 0 Å². The Morgan fingerprint density at radius 1 is 1.30 bits per heavy atom. The molecule has 0 spiro atoms. The van der Waals surface area contributed by atoms with Crippen molar-refractivity contribution < 1.29 is 14.3 Å². The van der Waals surface area contributed by atoms with Crippen LogP contribution in [0.4, 0.5) is 0 Å². The maximum absolute atomic E-state index is 11.9. The van der Waals surface area contributed by atoms with Crippen LogP contribution < -0.4 is 0 Å². The number of carbonyl (C=O) groups excluding carboxylic acids is 2. The molecule has 0 saturated heterocycles. The van der Waals surface area contributed by atoms with Gasteiger partial charge in [0.25, 0.3) is 0 Å². The van der Waals surface area contributed by atoms with E-state index in [1.54, 1.807) is 18.2 Å². The van der Waals surface area contributed by atoms with E-state index < -0.39 is 5.60 Å². The predicted molar refractivity (Wildman–Crippen MR) is 83.3 cm³/mol. The minimum Gasteiger partial charge on any atom is -0.456 e.